The molecule has 0 saturated heterocycles. The average molecular weight is 332 g/mol. The quantitative estimate of drug-likeness (QED) is 0.799. The Balaban J connectivity index is 2.30. The Kier molecular flexibility index (Phi) is 3.80. The van der Waals surface area contributed by atoms with Gasteiger partial charge >= 0.3 is 0 Å². The number of ether oxygens (including phenoxy) is 1. The van der Waals surface area contributed by atoms with Gasteiger partial charge in [0, 0.05) is 18.7 Å². The van der Waals surface area contributed by atoms with Crippen molar-refractivity contribution in [2.24, 2.45) is 0 Å². The molecule has 6 heteroatoms. The van der Waals surface area contributed by atoms with Crippen LogP contribution in [0, 0.1) is 5.82 Å². The minimum Gasteiger partial charge on any atom is -0.435 e. The molecule has 19 heavy (non-hydrogen) atoms. The van der Waals surface area contributed by atoms with Crippen LogP contribution in [0.25, 0.3) is 0 Å². The van der Waals surface area contributed by atoms with Crippen LogP contribution in [0.3, 0.4) is 0 Å². The Labute approximate surface area is 116 Å². The summed E-state index contributed by atoms with van der Waals surface area (Å²) in [6.45, 7) is 0.706. The Morgan fingerprint density at radius 3 is 2.58 bits per heavy atom. The number of hydrogen-bond acceptors (Lipinski definition) is 2. The predicted octanol–water partition coefficient (Wildman–Crippen LogP) is 4.89. The number of nitrogens with zero attached hydrogens (tertiary/aromatic N) is 1. The van der Waals surface area contributed by atoms with E-state index >= 15 is 0 Å². The van der Waals surface area contributed by atoms with Gasteiger partial charge in [-0.05, 0) is 46.3 Å². The van der Waals surface area contributed by atoms with Gasteiger partial charge in [-0.15, -0.1) is 0 Å². The lowest BCUT2D eigenvalue weighted by atomic mass is 10.1. The first-order valence-electron chi connectivity index (χ1n) is 5.34. The molecule has 2 rings (SSSR count). The highest BCUT2D eigenvalue weighted by molar-refractivity contribution is 9.10. The van der Waals surface area contributed by atoms with E-state index < -0.39 is 17.3 Å². The molecule has 0 aliphatic carbocycles. The summed E-state index contributed by atoms with van der Waals surface area (Å²) in [6, 6.07) is 6.38. The molecule has 0 unspecified atom stereocenters. The molecule has 0 fully saturated rings. The maximum absolute atomic E-state index is 13.7. The van der Waals surface area contributed by atoms with Crippen LogP contribution >= 0.6 is 15.9 Å². The first-order chi connectivity index (χ1) is 8.88. The monoisotopic (exact) mass is 331 g/mol. The van der Waals surface area contributed by atoms with Crippen molar-refractivity contribution in [3.8, 4) is 11.6 Å². The summed E-state index contributed by atoms with van der Waals surface area (Å²) < 4.78 is 45.5. The zero-order valence-corrected chi connectivity index (χ0v) is 11.4. The van der Waals surface area contributed by atoms with Crippen molar-refractivity contribution in [1.29, 1.82) is 0 Å². The predicted molar refractivity (Wildman–Crippen MR) is 68.0 cm³/mol. The lowest BCUT2D eigenvalue weighted by Gasteiger charge is -2.12. The molecule has 0 saturated carbocycles. The summed E-state index contributed by atoms with van der Waals surface area (Å²) in [5.41, 5.74) is -0.405. The minimum atomic E-state index is -3.09. The number of halogens is 4. The molecule has 0 aliphatic rings. The zero-order valence-electron chi connectivity index (χ0n) is 9.83. The number of aromatic nitrogens is 1. The van der Waals surface area contributed by atoms with E-state index in [1.54, 1.807) is 12.1 Å². The molecule has 0 amide bonds. The van der Waals surface area contributed by atoms with Crippen LogP contribution in [0.1, 0.15) is 12.5 Å². The highest BCUT2D eigenvalue weighted by atomic mass is 79.9. The van der Waals surface area contributed by atoms with E-state index in [-0.39, 0.29) is 11.6 Å². The number of alkyl halides is 2. The summed E-state index contributed by atoms with van der Waals surface area (Å²) in [6.07, 6.45) is 1.48. The molecule has 0 bridgehead atoms. The van der Waals surface area contributed by atoms with E-state index in [4.69, 9.17) is 4.74 Å². The van der Waals surface area contributed by atoms with Gasteiger partial charge in [-0.3, -0.25) is 0 Å². The maximum Gasteiger partial charge on any atom is 0.270 e. The molecular weight excluding hydrogens is 323 g/mol. The van der Waals surface area contributed by atoms with Crippen molar-refractivity contribution in [3.63, 3.8) is 0 Å². The van der Waals surface area contributed by atoms with Crippen LogP contribution in [0.5, 0.6) is 11.6 Å². The van der Waals surface area contributed by atoms with Crippen LogP contribution in [-0.2, 0) is 5.92 Å². The molecule has 0 atom stereocenters. The molecule has 100 valence electrons. The van der Waals surface area contributed by atoms with Crippen LogP contribution in [0.2, 0.25) is 0 Å². The molecule has 1 heterocycles. The van der Waals surface area contributed by atoms with Gasteiger partial charge in [0.05, 0.1) is 4.47 Å². The maximum atomic E-state index is 13.7. The standard InChI is InChI=1S/C13H9BrF3NO/c1-13(16,17)8-4-5-11(10(15)7-8)19-12-9(14)3-2-6-18-12/h2-7H,1H3. The van der Waals surface area contributed by atoms with Gasteiger partial charge in [0.25, 0.3) is 5.92 Å². The first-order valence-corrected chi connectivity index (χ1v) is 6.13. The van der Waals surface area contributed by atoms with Crippen molar-refractivity contribution >= 4 is 15.9 Å². The number of benzene rings is 1. The fourth-order valence-electron chi connectivity index (χ4n) is 1.41. The van der Waals surface area contributed by atoms with Gasteiger partial charge in [0.1, 0.15) is 0 Å². The summed E-state index contributed by atoms with van der Waals surface area (Å²) in [5, 5.41) is 0. The minimum absolute atomic E-state index is 0.160. The van der Waals surface area contributed by atoms with Gasteiger partial charge in [0.15, 0.2) is 11.6 Å². The molecule has 0 N–H and O–H groups in total. The highest BCUT2D eigenvalue weighted by Crippen LogP contribution is 2.33. The van der Waals surface area contributed by atoms with Crippen molar-refractivity contribution in [1.82, 2.24) is 4.98 Å². The third-order valence-electron chi connectivity index (χ3n) is 2.37. The Morgan fingerprint density at radius 2 is 2.00 bits per heavy atom. The third-order valence-corrected chi connectivity index (χ3v) is 2.97. The summed E-state index contributed by atoms with van der Waals surface area (Å²) in [4.78, 5) is 3.90. The normalized spacial score (nSPS) is 11.4. The second-order valence-electron chi connectivity index (χ2n) is 3.93. The number of rotatable bonds is 3. The van der Waals surface area contributed by atoms with Crippen molar-refractivity contribution < 1.29 is 17.9 Å². The third kappa shape index (κ3) is 3.26. The summed E-state index contributed by atoms with van der Waals surface area (Å²) in [5.74, 6) is -3.95. The van der Waals surface area contributed by atoms with Gasteiger partial charge in [-0.1, -0.05) is 0 Å². The average Bonchev–Trinajstić information content (AvgIpc) is 2.33. The Hall–Kier alpha value is -1.56. The van der Waals surface area contributed by atoms with Crippen molar-refractivity contribution in [2.45, 2.75) is 12.8 Å². The topological polar surface area (TPSA) is 22.1 Å². The largest absolute Gasteiger partial charge is 0.435 e. The zero-order chi connectivity index (χ0) is 14.0. The number of pyridine rings is 1. The van der Waals surface area contributed by atoms with Gasteiger partial charge in [0.2, 0.25) is 5.88 Å². The first kappa shape index (κ1) is 13.9. The van der Waals surface area contributed by atoms with E-state index in [0.29, 0.717) is 11.4 Å². The molecule has 1 aromatic heterocycles. The lowest BCUT2D eigenvalue weighted by molar-refractivity contribution is 0.0171. The molecule has 0 spiro atoms. The second kappa shape index (κ2) is 5.21. The van der Waals surface area contributed by atoms with E-state index in [1.165, 1.54) is 6.20 Å². The van der Waals surface area contributed by atoms with Gasteiger partial charge < -0.3 is 4.74 Å². The molecule has 2 nitrogen and oxygen atoms in total. The molecule has 0 aliphatic heterocycles. The smallest absolute Gasteiger partial charge is 0.270 e. The summed E-state index contributed by atoms with van der Waals surface area (Å²) >= 11 is 3.19. The van der Waals surface area contributed by atoms with Crippen LogP contribution < -0.4 is 4.74 Å². The highest BCUT2D eigenvalue weighted by Gasteiger charge is 2.25. The number of hydrogen-bond donors (Lipinski definition) is 0. The van der Waals surface area contributed by atoms with Gasteiger partial charge in [-0.25, -0.2) is 18.2 Å². The van der Waals surface area contributed by atoms with E-state index in [1.807, 2.05) is 0 Å². The van der Waals surface area contributed by atoms with Crippen LogP contribution in [0.15, 0.2) is 41.0 Å². The fourth-order valence-corrected chi connectivity index (χ4v) is 1.74. The SMILES string of the molecule is CC(F)(F)c1ccc(Oc2ncccc2Br)c(F)c1. The molecule has 0 radical (unpaired) electrons. The van der Waals surface area contributed by atoms with Gasteiger partial charge in [-0.2, -0.15) is 0 Å². The molecular formula is C13H9BrF3NO. The fraction of sp³-hybridized carbons (Fsp3) is 0.154. The van der Waals surface area contributed by atoms with Crippen LogP contribution in [-0.4, -0.2) is 4.98 Å². The van der Waals surface area contributed by atoms with E-state index in [0.717, 1.165) is 18.2 Å². The lowest BCUT2D eigenvalue weighted by Crippen LogP contribution is -2.07. The molecule has 1 aromatic carbocycles. The Bertz CT molecular complexity index is 599. The van der Waals surface area contributed by atoms with E-state index in [2.05, 4.69) is 20.9 Å². The van der Waals surface area contributed by atoms with E-state index in [9.17, 15) is 13.2 Å². The van der Waals surface area contributed by atoms with Crippen LogP contribution in [0.4, 0.5) is 13.2 Å². The summed E-state index contributed by atoms with van der Waals surface area (Å²) in [7, 11) is 0. The molecule has 2 aromatic rings. The second-order valence-corrected chi connectivity index (χ2v) is 4.78. The Morgan fingerprint density at radius 1 is 1.26 bits per heavy atom. The van der Waals surface area contributed by atoms with Crippen molar-refractivity contribution in [2.75, 3.05) is 0 Å². The van der Waals surface area contributed by atoms with Crippen molar-refractivity contribution in [3.05, 3.63) is 52.4 Å².